The number of hydrogen-bond donors (Lipinski definition) is 3. The Balaban J connectivity index is 2.31. The van der Waals surface area contributed by atoms with Crippen LogP contribution in [0.25, 0.3) is 0 Å². The maximum Gasteiger partial charge on any atom is 0.256 e. The molecule has 0 aliphatic heterocycles. The minimum absolute atomic E-state index is 0.126. The first kappa shape index (κ1) is 14.6. The molecule has 0 aromatic carbocycles. The van der Waals surface area contributed by atoms with Gasteiger partial charge in [0.1, 0.15) is 15.9 Å². The normalized spacial score (nSPS) is 21.4. The van der Waals surface area contributed by atoms with E-state index in [-0.39, 0.29) is 23.7 Å². The summed E-state index contributed by atoms with van der Waals surface area (Å²) in [6.45, 7) is 0. The van der Waals surface area contributed by atoms with Crippen molar-refractivity contribution in [2.24, 2.45) is 0 Å². The van der Waals surface area contributed by atoms with Gasteiger partial charge in [-0.25, -0.2) is 0 Å². The van der Waals surface area contributed by atoms with E-state index in [2.05, 4.69) is 10.6 Å². The third-order valence-electron chi connectivity index (χ3n) is 3.57. The van der Waals surface area contributed by atoms with Crippen molar-refractivity contribution in [2.75, 3.05) is 25.2 Å². The number of thiophene rings is 1. The second kappa shape index (κ2) is 6.11. The van der Waals surface area contributed by atoms with E-state index in [1.165, 1.54) is 11.3 Å². The van der Waals surface area contributed by atoms with Crippen LogP contribution in [0.15, 0.2) is 0 Å². The maximum atomic E-state index is 11.9. The Kier molecular flexibility index (Phi) is 4.47. The highest BCUT2D eigenvalue weighted by Gasteiger charge is 2.30. The van der Waals surface area contributed by atoms with Crippen LogP contribution in [-0.2, 0) is 4.74 Å². The fraction of sp³-hybridized carbons (Fsp3) is 0.538. The molecule has 2 atom stereocenters. The Morgan fingerprint density at radius 3 is 2.90 bits per heavy atom. The van der Waals surface area contributed by atoms with Crippen molar-refractivity contribution < 1.29 is 9.53 Å². The molecule has 4 N–H and O–H groups in total. The molecule has 0 radical (unpaired) electrons. The zero-order valence-electron chi connectivity index (χ0n) is 11.5. The summed E-state index contributed by atoms with van der Waals surface area (Å²) in [5.41, 5.74) is 6.49. The van der Waals surface area contributed by atoms with Gasteiger partial charge in [0.25, 0.3) is 5.91 Å². The first-order chi connectivity index (χ1) is 9.62. The van der Waals surface area contributed by atoms with Gasteiger partial charge in [-0.1, -0.05) is 0 Å². The molecule has 0 bridgehead atoms. The lowest BCUT2D eigenvalue weighted by Crippen LogP contribution is -2.30. The molecule has 20 heavy (non-hydrogen) atoms. The third-order valence-corrected chi connectivity index (χ3v) is 4.61. The van der Waals surface area contributed by atoms with E-state index >= 15 is 0 Å². The van der Waals surface area contributed by atoms with Gasteiger partial charge >= 0.3 is 0 Å². The Morgan fingerprint density at radius 2 is 2.30 bits per heavy atom. The van der Waals surface area contributed by atoms with Gasteiger partial charge in [-0.2, -0.15) is 5.26 Å². The molecule has 1 aromatic heterocycles. The van der Waals surface area contributed by atoms with E-state index in [4.69, 9.17) is 15.7 Å². The van der Waals surface area contributed by atoms with Crippen molar-refractivity contribution in [1.29, 1.82) is 5.26 Å². The van der Waals surface area contributed by atoms with E-state index in [0.717, 1.165) is 19.3 Å². The lowest BCUT2D eigenvalue weighted by atomic mass is 10.2. The van der Waals surface area contributed by atoms with Crippen LogP contribution < -0.4 is 16.4 Å². The highest BCUT2D eigenvalue weighted by molar-refractivity contribution is 7.17. The Morgan fingerprint density at radius 1 is 1.55 bits per heavy atom. The highest BCUT2D eigenvalue weighted by atomic mass is 32.1. The summed E-state index contributed by atoms with van der Waals surface area (Å²) in [7, 11) is 3.23. The van der Waals surface area contributed by atoms with Gasteiger partial charge < -0.3 is 21.1 Å². The van der Waals surface area contributed by atoms with Crippen LogP contribution in [0.1, 0.15) is 34.5 Å². The molecule has 108 valence electrons. The molecule has 6 nitrogen and oxygen atoms in total. The number of nitrogens with two attached hydrogens (primary N) is 1. The van der Waals surface area contributed by atoms with E-state index < -0.39 is 0 Å². The molecule has 7 heteroatoms. The molecule has 1 saturated carbocycles. The van der Waals surface area contributed by atoms with Gasteiger partial charge in [0.2, 0.25) is 0 Å². The van der Waals surface area contributed by atoms with Crippen LogP contribution in [-0.4, -0.2) is 32.2 Å². The monoisotopic (exact) mass is 294 g/mol. The van der Waals surface area contributed by atoms with E-state index in [0.29, 0.717) is 15.4 Å². The molecule has 1 amide bonds. The largest absolute Gasteiger partial charge is 0.396 e. The van der Waals surface area contributed by atoms with Crippen molar-refractivity contribution in [3.05, 3.63) is 10.4 Å². The summed E-state index contributed by atoms with van der Waals surface area (Å²) in [5.74, 6) is -0.283. The number of carbonyl (C=O) groups excluding carboxylic acids is 1. The van der Waals surface area contributed by atoms with Crippen molar-refractivity contribution in [3.8, 4) is 6.07 Å². The minimum Gasteiger partial charge on any atom is -0.396 e. The average Bonchev–Trinajstić information content (AvgIpc) is 3.02. The summed E-state index contributed by atoms with van der Waals surface area (Å²) < 4.78 is 5.43. The van der Waals surface area contributed by atoms with Crippen LogP contribution in [0, 0.1) is 11.3 Å². The topological polar surface area (TPSA) is 100 Å². The second-order valence-corrected chi connectivity index (χ2v) is 5.72. The third kappa shape index (κ3) is 2.57. The predicted octanol–water partition coefficient (Wildman–Crippen LogP) is 1.54. The van der Waals surface area contributed by atoms with Gasteiger partial charge in [0.05, 0.1) is 23.4 Å². The zero-order chi connectivity index (χ0) is 14.7. The molecule has 1 heterocycles. The van der Waals surface area contributed by atoms with Gasteiger partial charge in [-0.3, -0.25) is 4.79 Å². The number of nitrogen functional groups attached to an aromatic ring is 1. The fourth-order valence-corrected chi connectivity index (χ4v) is 3.50. The maximum absolute atomic E-state index is 11.9. The number of nitrogens with one attached hydrogen (secondary N) is 2. The summed E-state index contributed by atoms with van der Waals surface area (Å²) >= 11 is 1.22. The number of carbonyl (C=O) groups is 1. The standard InChI is InChI=1S/C13H18N4O2S/c1-16-12(18)10-11(15)9(6-14)20-13(10)17-7-4-3-5-8(7)19-2/h7-8,17H,3-5,15H2,1-2H3,(H,16,18). The van der Waals surface area contributed by atoms with E-state index in [9.17, 15) is 4.79 Å². The molecule has 1 aliphatic carbocycles. The van der Waals surface area contributed by atoms with Gasteiger partial charge in [0, 0.05) is 14.2 Å². The van der Waals surface area contributed by atoms with Crippen molar-refractivity contribution in [3.63, 3.8) is 0 Å². The second-order valence-electron chi connectivity index (χ2n) is 4.70. The molecular formula is C13H18N4O2S. The van der Waals surface area contributed by atoms with Crippen molar-refractivity contribution in [1.82, 2.24) is 5.32 Å². The Hall–Kier alpha value is -1.78. The van der Waals surface area contributed by atoms with Crippen LogP contribution in [0.2, 0.25) is 0 Å². The number of amides is 1. The summed E-state index contributed by atoms with van der Waals surface area (Å²) in [5, 5.41) is 15.6. The number of methoxy groups -OCH3 is 1. The zero-order valence-corrected chi connectivity index (χ0v) is 12.3. The predicted molar refractivity (Wildman–Crippen MR) is 78.9 cm³/mol. The summed E-state index contributed by atoms with van der Waals surface area (Å²) in [6.07, 6.45) is 3.18. The number of nitrogens with zero attached hydrogens (tertiary/aromatic N) is 1. The smallest absolute Gasteiger partial charge is 0.256 e. The van der Waals surface area contributed by atoms with Crippen LogP contribution in [0.3, 0.4) is 0 Å². The molecular weight excluding hydrogens is 276 g/mol. The van der Waals surface area contributed by atoms with E-state index in [1.807, 2.05) is 6.07 Å². The Labute approximate surface area is 121 Å². The quantitative estimate of drug-likeness (QED) is 0.782. The fourth-order valence-electron chi connectivity index (χ4n) is 2.52. The van der Waals surface area contributed by atoms with Crippen LogP contribution >= 0.6 is 11.3 Å². The molecule has 1 aliphatic rings. The SMILES string of the molecule is CNC(=O)c1c(NC2CCCC2OC)sc(C#N)c1N. The molecule has 0 spiro atoms. The average molecular weight is 294 g/mol. The highest BCUT2D eigenvalue weighted by Crippen LogP contribution is 2.37. The number of hydrogen-bond acceptors (Lipinski definition) is 6. The molecule has 1 aromatic rings. The molecule has 2 unspecified atom stereocenters. The van der Waals surface area contributed by atoms with E-state index in [1.54, 1.807) is 14.2 Å². The first-order valence-electron chi connectivity index (χ1n) is 6.46. The number of ether oxygens (including phenoxy) is 1. The Bertz CT molecular complexity index is 549. The van der Waals surface area contributed by atoms with Gasteiger partial charge in [0.15, 0.2) is 0 Å². The molecule has 1 fully saturated rings. The van der Waals surface area contributed by atoms with Crippen LogP contribution in [0.4, 0.5) is 10.7 Å². The lowest BCUT2D eigenvalue weighted by Gasteiger charge is -2.20. The number of rotatable bonds is 4. The molecule has 0 saturated heterocycles. The first-order valence-corrected chi connectivity index (χ1v) is 7.27. The molecule has 2 rings (SSSR count). The van der Waals surface area contributed by atoms with Crippen molar-refractivity contribution >= 4 is 27.9 Å². The minimum atomic E-state index is -0.283. The van der Waals surface area contributed by atoms with Gasteiger partial charge in [-0.05, 0) is 19.3 Å². The van der Waals surface area contributed by atoms with Gasteiger partial charge in [-0.15, -0.1) is 11.3 Å². The lowest BCUT2D eigenvalue weighted by molar-refractivity contribution is 0.0961. The summed E-state index contributed by atoms with van der Waals surface area (Å²) in [6, 6.07) is 2.17. The number of nitriles is 1. The van der Waals surface area contributed by atoms with Crippen molar-refractivity contribution in [2.45, 2.75) is 31.4 Å². The van der Waals surface area contributed by atoms with Crippen LogP contribution in [0.5, 0.6) is 0 Å². The summed E-state index contributed by atoms with van der Waals surface area (Å²) in [4.78, 5) is 12.3. The number of anilines is 2.